The van der Waals surface area contributed by atoms with Gasteiger partial charge in [-0.25, -0.2) is 0 Å². The van der Waals surface area contributed by atoms with Gasteiger partial charge in [0.15, 0.2) is 0 Å². The van der Waals surface area contributed by atoms with E-state index in [-0.39, 0.29) is 11.3 Å². The summed E-state index contributed by atoms with van der Waals surface area (Å²) in [6.45, 7) is 1.76. The van der Waals surface area contributed by atoms with E-state index in [0.717, 1.165) is 5.56 Å². The summed E-state index contributed by atoms with van der Waals surface area (Å²) >= 11 is 12.4. The van der Waals surface area contributed by atoms with Gasteiger partial charge in [0, 0.05) is 21.8 Å². The van der Waals surface area contributed by atoms with Gasteiger partial charge in [-0.2, -0.15) is 5.26 Å². The van der Waals surface area contributed by atoms with Gasteiger partial charge in [0.05, 0.1) is 16.9 Å². The Kier molecular flexibility index (Phi) is 6.36. The number of hydrogen-bond donors (Lipinski definition) is 1. The zero-order chi connectivity index (χ0) is 21.8. The molecule has 1 unspecified atom stereocenters. The van der Waals surface area contributed by atoms with Crippen LogP contribution in [0.4, 0.5) is 11.4 Å². The number of rotatable bonds is 5. The third-order valence-electron chi connectivity index (χ3n) is 4.58. The summed E-state index contributed by atoms with van der Waals surface area (Å²) in [5.41, 5.74) is 2.04. The van der Waals surface area contributed by atoms with Crippen molar-refractivity contribution in [2.75, 3.05) is 5.32 Å². The zero-order valence-electron chi connectivity index (χ0n) is 15.7. The molecule has 3 rings (SSSR count). The quantitative estimate of drug-likeness (QED) is 0.382. The number of aryl methyl sites for hydroxylation is 1. The maximum atomic E-state index is 12.6. The van der Waals surface area contributed by atoms with Crippen molar-refractivity contribution < 1.29 is 9.72 Å². The van der Waals surface area contributed by atoms with Gasteiger partial charge in [-0.05, 0) is 47.9 Å². The highest BCUT2D eigenvalue weighted by atomic mass is 35.5. The number of carbonyl (C=O) groups excluding carboxylic acids is 1. The van der Waals surface area contributed by atoms with Crippen LogP contribution in [0.2, 0.25) is 10.0 Å². The fourth-order valence-corrected chi connectivity index (χ4v) is 3.45. The Labute approximate surface area is 182 Å². The molecular formula is C22H15Cl2N3O3. The second-order valence-corrected chi connectivity index (χ2v) is 7.37. The molecule has 0 saturated heterocycles. The van der Waals surface area contributed by atoms with Gasteiger partial charge in [0.25, 0.3) is 11.6 Å². The van der Waals surface area contributed by atoms with Crippen molar-refractivity contribution in [1.82, 2.24) is 0 Å². The number of benzene rings is 3. The SMILES string of the molecule is Cc1cc(C(C#N)c2ccc(Cl)cc2)c(Cl)cc1NC(=O)c1ccccc1[N+](=O)[O-]. The van der Waals surface area contributed by atoms with Crippen LogP contribution < -0.4 is 5.32 Å². The summed E-state index contributed by atoms with van der Waals surface area (Å²) in [5, 5.41) is 24.4. The van der Waals surface area contributed by atoms with Gasteiger partial charge in [0.2, 0.25) is 0 Å². The number of nitro benzene ring substituents is 1. The van der Waals surface area contributed by atoms with E-state index < -0.39 is 16.7 Å². The third-order valence-corrected chi connectivity index (χ3v) is 5.16. The molecule has 30 heavy (non-hydrogen) atoms. The fourth-order valence-electron chi connectivity index (χ4n) is 3.05. The van der Waals surface area contributed by atoms with Crippen LogP contribution in [0.3, 0.4) is 0 Å². The first kappa shape index (κ1) is 21.3. The summed E-state index contributed by atoms with van der Waals surface area (Å²) in [4.78, 5) is 23.2. The lowest BCUT2D eigenvalue weighted by Gasteiger charge is -2.16. The molecule has 3 aromatic rings. The molecule has 8 heteroatoms. The second kappa shape index (κ2) is 8.95. The predicted molar refractivity (Wildman–Crippen MR) is 116 cm³/mol. The summed E-state index contributed by atoms with van der Waals surface area (Å²) < 4.78 is 0. The van der Waals surface area contributed by atoms with Crippen molar-refractivity contribution in [1.29, 1.82) is 5.26 Å². The Bertz CT molecular complexity index is 1170. The molecule has 0 saturated carbocycles. The molecule has 0 heterocycles. The van der Waals surface area contributed by atoms with Gasteiger partial charge < -0.3 is 5.32 Å². The van der Waals surface area contributed by atoms with Crippen LogP contribution in [-0.2, 0) is 0 Å². The van der Waals surface area contributed by atoms with Crippen LogP contribution in [0.15, 0.2) is 60.7 Å². The van der Waals surface area contributed by atoms with E-state index in [0.29, 0.717) is 26.9 Å². The minimum Gasteiger partial charge on any atom is -0.321 e. The van der Waals surface area contributed by atoms with Gasteiger partial charge >= 0.3 is 0 Å². The van der Waals surface area contributed by atoms with E-state index >= 15 is 0 Å². The first-order chi connectivity index (χ1) is 14.3. The van der Waals surface area contributed by atoms with E-state index in [1.807, 2.05) is 0 Å². The van der Waals surface area contributed by atoms with Gasteiger partial charge in [-0.3, -0.25) is 14.9 Å². The Hall–Kier alpha value is -3.40. The summed E-state index contributed by atoms with van der Waals surface area (Å²) in [5.74, 6) is -1.24. The number of nitriles is 1. The highest BCUT2D eigenvalue weighted by molar-refractivity contribution is 6.32. The monoisotopic (exact) mass is 439 g/mol. The zero-order valence-corrected chi connectivity index (χ0v) is 17.2. The molecule has 0 aromatic heterocycles. The summed E-state index contributed by atoms with van der Waals surface area (Å²) in [6, 6.07) is 18.1. The Morgan fingerprint density at radius 3 is 2.43 bits per heavy atom. The topological polar surface area (TPSA) is 96.0 Å². The molecule has 1 amide bonds. The third kappa shape index (κ3) is 4.43. The number of carbonyl (C=O) groups is 1. The highest BCUT2D eigenvalue weighted by Crippen LogP contribution is 2.34. The van der Waals surface area contributed by atoms with Crippen molar-refractivity contribution >= 4 is 40.5 Å². The Morgan fingerprint density at radius 2 is 1.80 bits per heavy atom. The maximum Gasteiger partial charge on any atom is 0.282 e. The number of anilines is 1. The van der Waals surface area contributed by atoms with Crippen molar-refractivity contribution in [2.45, 2.75) is 12.8 Å². The molecule has 0 aliphatic carbocycles. The number of amides is 1. The van der Waals surface area contributed by atoms with Crippen LogP contribution in [0.25, 0.3) is 0 Å². The van der Waals surface area contributed by atoms with Crippen LogP contribution >= 0.6 is 23.2 Å². The minimum absolute atomic E-state index is 0.0573. The minimum atomic E-state index is -0.622. The van der Waals surface area contributed by atoms with E-state index in [1.165, 1.54) is 18.2 Å². The van der Waals surface area contributed by atoms with Gasteiger partial charge in [-0.15, -0.1) is 0 Å². The van der Waals surface area contributed by atoms with E-state index in [4.69, 9.17) is 23.2 Å². The molecule has 0 aliphatic heterocycles. The van der Waals surface area contributed by atoms with E-state index in [2.05, 4.69) is 11.4 Å². The fraction of sp³-hybridized carbons (Fsp3) is 0.0909. The predicted octanol–water partition coefficient (Wildman–Crippen LogP) is 6.12. The highest BCUT2D eigenvalue weighted by Gasteiger charge is 2.22. The molecule has 1 atom stereocenters. The maximum absolute atomic E-state index is 12.6. The molecule has 0 spiro atoms. The normalized spacial score (nSPS) is 11.4. The smallest absolute Gasteiger partial charge is 0.282 e. The number of nitrogens with one attached hydrogen (secondary N) is 1. The van der Waals surface area contributed by atoms with Crippen LogP contribution in [0.1, 0.15) is 33.0 Å². The number of para-hydroxylation sites is 1. The molecule has 0 bridgehead atoms. The molecular weight excluding hydrogens is 425 g/mol. The first-order valence-corrected chi connectivity index (χ1v) is 9.57. The average molecular weight is 440 g/mol. The molecule has 1 N–H and O–H groups in total. The number of hydrogen-bond acceptors (Lipinski definition) is 4. The van der Waals surface area contributed by atoms with Crippen LogP contribution in [-0.4, -0.2) is 10.8 Å². The Balaban J connectivity index is 1.93. The number of nitro groups is 1. The van der Waals surface area contributed by atoms with Gasteiger partial charge in [-0.1, -0.05) is 53.5 Å². The molecule has 3 aromatic carbocycles. The second-order valence-electron chi connectivity index (χ2n) is 6.53. The van der Waals surface area contributed by atoms with Crippen molar-refractivity contribution in [3.05, 3.63) is 103 Å². The molecule has 6 nitrogen and oxygen atoms in total. The van der Waals surface area contributed by atoms with Crippen molar-refractivity contribution in [3.8, 4) is 6.07 Å². The van der Waals surface area contributed by atoms with Crippen molar-refractivity contribution in [3.63, 3.8) is 0 Å². The van der Waals surface area contributed by atoms with Crippen LogP contribution in [0, 0.1) is 28.4 Å². The number of nitrogens with zero attached hydrogens (tertiary/aromatic N) is 2. The average Bonchev–Trinajstić information content (AvgIpc) is 2.73. The Morgan fingerprint density at radius 1 is 1.13 bits per heavy atom. The van der Waals surface area contributed by atoms with Crippen molar-refractivity contribution in [2.24, 2.45) is 0 Å². The molecule has 0 radical (unpaired) electrons. The molecule has 0 fully saturated rings. The summed E-state index contributed by atoms with van der Waals surface area (Å²) in [6.07, 6.45) is 0. The largest absolute Gasteiger partial charge is 0.321 e. The lowest BCUT2D eigenvalue weighted by molar-refractivity contribution is -0.385. The van der Waals surface area contributed by atoms with Crippen LogP contribution in [0.5, 0.6) is 0 Å². The summed E-state index contributed by atoms with van der Waals surface area (Å²) in [7, 11) is 0. The molecule has 150 valence electrons. The number of halogens is 2. The lowest BCUT2D eigenvalue weighted by atomic mass is 9.91. The first-order valence-electron chi connectivity index (χ1n) is 8.81. The lowest BCUT2D eigenvalue weighted by Crippen LogP contribution is -2.15. The molecule has 0 aliphatic rings. The van der Waals surface area contributed by atoms with E-state index in [1.54, 1.807) is 49.4 Å². The standard InChI is InChI=1S/C22H15Cl2N3O3/c1-13-10-17(18(12-25)14-6-8-15(23)9-7-14)19(24)11-20(13)26-22(28)16-4-2-3-5-21(16)27(29)30/h2-11,18H,1H3,(H,26,28). The van der Waals surface area contributed by atoms with E-state index in [9.17, 15) is 20.2 Å². The van der Waals surface area contributed by atoms with Gasteiger partial charge in [0.1, 0.15) is 5.56 Å².